The Morgan fingerprint density at radius 2 is 1.95 bits per heavy atom. The van der Waals surface area contributed by atoms with Crippen LogP contribution in [0.25, 0.3) is 0 Å². The molecule has 1 atom stereocenters. The van der Waals surface area contributed by atoms with Crippen molar-refractivity contribution < 1.29 is 23.5 Å². The summed E-state index contributed by atoms with van der Waals surface area (Å²) in [6.45, 7) is 3.47. The SMILES string of the molecule is CCN(CC(C)C(=O)O)C(=O)c1ccc(F)c(F)c1. The maximum Gasteiger partial charge on any atom is 0.308 e. The molecule has 0 aliphatic heterocycles. The molecule has 4 nitrogen and oxygen atoms in total. The molecule has 0 aliphatic carbocycles. The zero-order chi connectivity index (χ0) is 14.6. The van der Waals surface area contributed by atoms with Gasteiger partial charge in [-0.25, -0.2) is 8.78 Å². The van der Waals surface area contributed by atoms with Crippen LogP contribution in [0.4, 0.5) is 8.78 Å². The standard InChI is InChI=1S/C13H15F2NO3/c1-3-16(7-8(2)13(18)19)12(17)9-4-5-10(14)11(15)6-9/h4-6,8H,3,7H2,1-2H3,(H,18,19). The third-order valence-corrected chi connectivity index (χ3v) is 2.75. The highest BCUT2D eigenvalue weighted by Gasteiger charge is 2.21. The number of carbonyl (C=O) groups excluding carboxylic acids is 1. The van der Waals surface area contributed by atoms with Gasteiger partial charge in [0.25, 0.3) is 5.91 Å². The van der Waals surface area contributed by atoms with Crippen LogP contribution in [0.2, 0.25) is 0 Å². The Morgan fingerprint density at radius 3 is 2.42 bits per heavy atom. The molecule has 104 valence electrons. The zero-order valence-corrected chi connectivity index (χ0v) is 10.7. The normalized spacial score (nSPS) is 12.0. The summed E-state index contributed by atoms with van der Waals surface area (Å²) in [6, 6.07) is 2.86. The molecule has 1 N–H and O–H groups in total. The van der Waals surface area contributed by atoms with Gasteiger partial charge < -0.3 is 10.0 Å². The van der Waals surface area contributed by atoms with Crippen LogP contribution in [-0.2, 0) is 4.79 Å². The van der Waals surface area contributed by atoms with Crippen LogP contribution in [0.3, 0.4) is 0 Å². The fourth-order valence-corrected chi connectivity index (χ4v) is 1.58. The Bertz CT molecular complexity index is 491. The lowest BCUT2D eigenvalue weighted by Crippen LogP contribution is -2.36. The van der Waals surface area contributed by atoms with Crippen LogP contribution >= 0.6 is 0 Å². The van der Waals surface area contributed by atoms with Gasteiger partial charge in [-0.05, 0) is 25.1 Å². The highest BCUT2D eigenvalue weighted by atomic mass is 19.2. The highest BCUT2D eigenvalue weighted by Crippen LogP contribution is 2.12. The Hall–Kier alpha value is -1.98. The topological polar surface area (TPSA) is 57.6 Å². The molecule has 1 aromatic carbocycles. The molecule has 0 saturated heterocycles. The van der Waals surface area contributed by atoms with Crippen molar-refractivity contribution >= 4 is 11.9 Å². The molecule has 1 unspecified atom stereocenters. The van der Waals surface area contributed by atoms with E-state index in [1.165, 1.54) is 17.9 Å². The lowest BCUT2D eigenvalue weighted by atomic mass is 10.1. The third-order valence-electron chi connectivity index (χ3n) is 2.75. The number of amides is 1. The summed E-state index contributed by atoms with van der Waals surface area (Å²) in [5, 5.41) is 8.81. The maximum absolute atomic E-state index is 13.1. The van der Waals surface area contributed by atoms with Gasteiger partial charge in [-0.1, -0.05) is 6.92 Å². The van der Waals surface area contributed by atoms with Crippen LogP contribution in [0.1, 0.15) is 24.2 Å². The van der Waals surface area contributed by atoms with Crippen LogP contribution in [0.5, 0.6) is 0 Å². The van der Waals surface area contributed by atoms with Gasteiger partial charge in [0.05, 0.1) is 5.92 Å². The zero-order valence-electron chi connectivity index (χ0n) is 10.7. The number of benzene rings is 1. The molecular weight excluding hydrogens is 256 g/mol. The fourth-order valence-electron chi connectivity index (χ4n) is 1.58. The van der Waals surface area contributed by atoms with E-state index in [4.69, 9.17) is 5.11 Å². The Balaban J connectivity index is 2.89. The highest BCUT2D eigenvalue weighted by molar-refractivity contribution is 5.94. The number of aliphatic carboxylic acids is 1. The van der Waals surface area contributed by atoms with E-state index >= 15 is 0 Å². The lowest BCUT2D eigenvalue weighted by molar-refractivity contribution is -0.141. The van der Waals surface area contributed by atoms with Gasteiger partial charge in [-0.15, -0.1) is 0 Å². The maximum atomic E-state index is 13.1. The molecule has 0 heterocycles. The Morgan fingerprint density at radius 1 is 1.32 bits per heavy atom. The number of rotatable bonds is 5. The molecule has 1 rings (SSSR count). The monoisotopic (exact) mass is 271 g/mol. The van der Waals surface area contributed by atoms with Crippen LogP contribution in [0.15, 0.2) is 18.2 Å². The van der Waals surface area contributed by atoms with Gasteiger partial charge in [0.1, 0.15) is 0 Å². The molecule has 0 saturated carbocycles. The molecular formula is C13H15F2NO3. The smallest absolute Gasteiger partial charge is 0.308 e. The second kappa shape index (κ2) is 6.26. The summed E-state index contributed by atoms with van der Waals surface area (Å²) in [7, 11) is 0. The number of hydrogen-bond donors (Lipinski definition) is 1. The average molecular weight is 271 g/mol. The van der Waals surface area contributed by atoms with E-state index in [1.54, 1.807) is 6.92 Å². The summed E-state index contributed by atoms with van der Waals surface area (Å²) in [6.07, 6.45) is 0. The molecule has 0 aromatic heterocycles. The minimum absolute atomic E-state index is 0.00154. The minimum atomic E-state index is -1.10. The first kappa shape index (κ1) is 15.1. The molecule has 0 fully saturated rings. The van der Waals surface area contributed by atoms with Crippen molar-refractivity contribution in [1.82, 2.24) is 4.90 Å². The van der Waals surface area contributed by atoms with Crippen molar-refractivity contribution in [3.8, 4) is 0 Å². The molecule has 0 bridgehead atoms. The van der Waals surface area contributed by atoms with Gasteiger partial charge in [-0.2, -0.15) is 0 Å². The third kappa shape index (κ3) is 3.74. The van der Waals surface area contributed by atoms with E-state index in [1.807, 2.05) is 0 Å². The minimum Gasteiger partial charge on any atom is -0.481 e. The molecule has 1 aromatic rings. The van der Waals surface area contributed by atoms with E-state index in [2.05, 4.69) is 0 Å². The number of carbonyl (C=O) groups is 2. The van der Waals surface area contributed by atoms with E-state index in [0.717, 1.165) is 12.1 Å². The van der Waals surface area contributed by atoms with Gasteiger partial charge in [0.2, 0.25) is 0 Å². The Kier molecular flexibility index (Phi) is 4.97. The first-order valence-electron chi connectivity index (χ1n) is 5.84. The lowest BCUT2D eigenvalue weighted by Gasteiger charge is -2.23. The van der Waals surface area contributed by atoms with Gasteiger partial charge in [-0.3, -0.25) is 9.59 Å². The molecule has 1 amide bonds. The van der Waals surface area contributed by atoms with Crippen molar-refractivity contribution in [3.63, 3.8) is 0 Å². The molecule has 0 spiro atoms. The van der Waals surface area contributed by atoms with Crippen molar-refractivity contribution in [2.45, 2.75) is 13.8 Å². The van der Waals surface area contributed by atoms with Crippen LogP contribution < -0.4 is 0 Å². The van der Waals surface area contributed by atoms with Crippen molar-refractivity contribution in [2.24, 2.45) is 5.92 Å². The van der Waals surface area contributed by atoms with Gasteiger partial charge in [0.15, 0.2) is 11.6 Å². The fraction of sp³-hybridized carbons (Fsp3) is 0.385. The Labute approximate surface area is 109 Å². The summed E-state index contributed by atoms with van der Waals surface area (Å²) >= 11 is 0. The van der Waals surface area contributed by atoms with Crippen LogP contribution in [-0.4, -0.2) is 35.0 Å². The van der Waals surface area contributed by atoms with Crippen molar-refractivity contribution in [1.29, 1.82) is 0 Å². The largest absolute Gasteiger partial charge is 0.481 e. The first-order valence-corrected chi connectivity index (χ1v) is 5.84. The number of carboxylic acids is 1. The number of hydrogen-bond acceptors (Lipinski definition) is 2. The van der Waals surface area contributed by atoms with E-state index in [9.17, 15) is 18.4 Å². The molecule has 19 heavy (non-hydrogen) atoms. The molecule has 0 radical (unpaired) electrons. The van der Waals surface area contributed by atoms with Crippen molar-refractivity contribution in [3.05, 3.63) is 35.4 Å². The van der Waals surface area contributed by atoms with Crippen molar-refractivity contribution in [2.75, 3.05) is 13.1 Å². The summed E-state index contributed by atoms with van der Waals surface area (Å²) in [4.78, 5) is 24.1. The van der Waals surface area contributed by atoms with Crippen LogP contribution in [0, 0.1) is 17.6 Å². The second-order valence-electron chi connectivity index (χ2n) is 4.21. The molecule has 0 aliphatic rings. The average Bonchev–Trinajstić information content (AvgIpc) is 2.37. The predicted molar refractivity (Wildman–Crippen MR) is 64.7 cm³/mol. The first-order chi connectivity index (χ1) is 8.86. The molecule has 6 heteroatoms. The number of halogens is 2. The predicted octanol–water partition coefficient (Wildman–Crippen LogP) is 2.15. The number of carboxylic acid groups (broad SMARTS) is 1. The summed E-state index contributed by atoms with van der Waals surface area (Å²) < 4.78 is 25.8. The van der Waals surface area contributed by atoms with E-state index in [-0.39, 0.29) is 18.7 Å². The quantitative estimate of drug-likeness (QED) is 0.892. The van der Waals surface area contributed by atoms with E-state index < -0.39 is 29.4 Å². The summed E-state index contributed by atoms with van der Waals surface area (Å²) in [5.41, 5.74) is -0.00154. The van der Waals surface area contributed by atoms with E-state index in [0.29, 0.717) is 0 Å². The number of nitrogens with zero attached hydrogens (tertiary/aromatic N) is 1. The second-order valence-corrected chi connectivity index (χ2v) is 4.21. The van der Waals surface area contributed by atoms with Gasteiger partial charge >= 0.3 is 5.97 Å². The van der Waals surface area contributed by atoms with Gasteiger partial charge in [0, 0.05) is 18.7 Å². The summed E-state index contributed by atoms with van der Waals surface area (Å²) in [5.74, 6) is -4.40.